The number of amides is 1. The van der Waals surface area contributed by atoms with Crippen LogP contribution in [-0.4, -0.2) is 23.6 Å². The van der Waals surface area contributed by atoms with E-state index < -0.39 is 0 Å². The highest BCUT2D eigenvalue weighted by molar-refractivity contribution is 7.09. The molecular formula is C17H19FN2O2S. The number of aryl methyl sites for hydroxylation is 1. The van der Waals surface area contributed by atoms with Crippen molar-refractivity contribution >= 4 is 22.9 Å². The SMILES string of the molecule is Cc1nc(CN(C(=O)[C@H]2CCO[C@@H]2C)c2ccc(F)cc2)cs1. The third kappa shape index (κ3) is 3.59. The van der Waals surface area contributed by atoms with Crippen molar-refractivity contribution in [1.29, 1.82) is 0 Å². The number of nitrogens with zero attached hydrogens (tertiary/aromatic N) is 2. The zero-order valence-electron chi connectivity index (χ0n) is 13.2. The number of benzene rings is 1. The molecule has 0 bridgehead atoms. The normalized spacial score (nSPS) is 20.7. The Hall–Kier alpha value is -1.79. The van der Waals surface area contributed by atoms with E-state index in [0.29, 0.717) is 25.3 Å². The van der Waals surface area contributed by atoms with Crippen LogP contribution in [0.4, 0.5) is 10.1 Å². The molecular weight excluding hydrogens is 315 g/mol. The molecule has 0 N–H and O–H groups in total. The first kappa shape index (κ1) is 16.1. The summed E-state index contributed by atoms with van der Waals surface area (Å²) < 4.78 is 18.7. The molecule has 0 aliphatic carbocycles. The molecule has 1 saturated heterocycles. The third-order valence-electron chi connectivity index (χ3n) is 4.08. The quantitative estimate of drug-likeness (QED) is 0.859. The highest BCUT2D eigenvalue weighted by atomic mass is 32.1. The number of rotatable bonds is 4. The van der Waals surface area contributed by atoms with Gasteiger partial charge < -0.3 is 9.64 Å². The van der Waals surface area contributed by atoms with E-state index in [-0.39, 0.29) is 23.7 Å². The zero-order valence-corrected chi connectivity index (χ0v) is 14.0. The van der Waals surface area contributed by atoms with E-state index >= 15 is 0 Å². The smallest absolute Gasteiger partial charge is 0.233 e. The minimum Gasteiger partial charge on any atom is -0.378 e. The van der Waals surface area contributed by atoms with Gasteiger partial charge in [-0.2, -0.15) is 0 Å². The average Bonchev–Trinajstić information content (AvgIpc) is 3.14. The molecule has 23 heavy (non-hydrogen) atoms. The topological polar surface area (TPSA) is 42.4 Å². The Morgan fingerprint density at radius 3 is 2.74 bits per heavy atom. The molecule has 122 valence electrons. The molecule has 1 aliphatic rings. The summed E-state index contributed by atoms with van der Waals surface area (Å²) >= 11 is 1.55. The molecule has 1 aliphatic heterocycles. The fourth-order valence-corrected chi connectivity index (χ4v) is 3.42. The van der Waals surface area contributed by atoms with Gasteiger partial charge in [-0.05, 0) is 44.5 Å². The number of thiazole rings is 1. The van der Waals surface area contributed by atoms with Crippen molar-refractivity contribution in [3.8, 4) is 0 Å². The number of hydrogen-bond donors (Lipinski definition) is 0. The lowest BCUT2D eigenvalue weighted by Crippen LogP contribution is -2.38. The van der Waals surface area contributed by atoms with Crippen LogP contribution in [0.1, 0.15) is 24.0 Å². The molecule has 1 aromatic heterocycles. The van der Waals surface area contributed by atoms with Gasteiger partial charge in [0, 0.05) is 17.7 Å². The molecule has 0 unspecified atom stereocenters. The predicted octanol–water partition coefficient (Wildman–Crippen LogP) is 3.55. The maximum atomic E-state index is 13.2. The lowest BCUT2D eigenvalue weighted by molar-refractivity contribution is -0.123. The summed E-state index contributed by atoms with van der Waals surface area (Å²) in [5, 5.41) is 2.91. The summed E-state index contributed by atoms with van der Waals surface area (Å²) in [7, 11) is 0. The van der Waals surface area contributed by atoms with E-state index in [1.54, 1.807) is 28.4 Å². The molecule has 2 aromatic rings. The molecule has 4 nitrogen and oxygen atoms in total. The summed E-state index contributed by atoms with van der Waals surface area (Å²) in [6.07, 6.45) is 0.621. The Kier molecular flexibility index (Phi) is 4.73. The predicted molar refractivity (Wildman–Crippen MR) is 88.0 cm³/mol. The van der Waals surface area contributed by atoms with Gasteiger partial charge in [-0.15, -0.1) is 11.3 Å². The van der Waals surface area contributed by atoms with E-state index in [9.17, 15) is 9.18 Å². The Morgan fingerprint density at radius 1 is 1.43 bits per heavy atom. The highest BCUT2D eigenvalue weighted by Crippen LogP contribution is 2.27. The van der Waals surface area contributed by atoms with Gasteiger partial charge in [0.15, 0.2) is 0 Å². The summed E-state index contributed by atoms with van der Waals surface area (Å²) in [6, 6.07) is 6.01. The summed E-state index contributed by atoms with van der Waals surface area (Å²) in [6.45, 7) is 4.85. The Balaban J connectivity index is 1.88. The largest absolute Gasteiger partial charge is 0.378 e. The van der Waals surface area contributed by atoms with Gasteiger partial charge in [0.05, 0.1) is 29.3 Å². The zero-order chi connectivity index (χ0) is 16.4. The molecule has 1 fully saturated rings. The van der Waals surface area contributed by atoms with E-state index in [1.165, 1.54) is 12.1 Å². The van der Waals surface area contributed by atoms with Crippen molar-refractivity contribution in [2.45, 2.75) is 32.9 Å². The van der Waals surface area contributed by atoms with Crippen LogP contribution in [0.25, 0.3) is 0 Å². The monoisotopic (exact) mass is 334 g/mol. The Morgan fingerprint density at radius 2 is 2.17 bits per heavy atom. The van der Waals surface area contributed by atoms with E-state index in [0.717, 1.165) is 10.7 Å². The minimum absolute atomic E-state index is 0.00672. The fourth-order valence-electron chi connectivity index (χ4n) is 2.82. The Labute approximate surface area is 138 Å². The molecule has 2 heterocycles. The number of carbonyl (C=O) groups is 1. The maximum Gasteiger partial charge on any atom is 0.233 e. The molecule has 0 radical (unpaired) electrons. The van der Waals surface area contributed by atoms with Crippen LogP contribution in [0.3, 0.4) is 0 Å². The summed E-state index contributed by atoms with van der Waals surface area (Å²) in [4.78, 5) is 19.1. The van der Waals surface area contributed by atoms with E-state index in [1.807, 2.05) is 19.2 Å². The minimum atomic E-state index is -0.316. The van der Waals surface area contributed by atoms with Crippen LogP contribution >= 0.6 is 11.3 Å². The van der Waals surface area contributed by atoms with Crippen molar-refractivity contribution in [2.75, 3.05) is 11.5 Å². The first-order chi connectivity index (χ1) is 11.0. The number of halogens is 1. The summed E-state index contributed by atoms with van der Waals surface area (Å²) in [5.41, 5.74) is 1.53. The van der Waals surface area contributed by atoms with Gasteiger partial charge in [-0.3, -0.25) is 4.79 Å². The second-order valence-corrected chi connectivity index (χ2v) is 6.79. The molecule has 2 atom stereocenters. The van der Waals surface area contributed by atoms with Gasteiger partial charge in [-0.1, -0.05) is 0 Å². The average molecular weight is 334 g/mol. The lowest BCUT2D eigenvalue weighted by atomic mass is 10.0. The van der Waals surface area contributed by atoms with Gasteiger partial charge in [0.2, 0.25) is 5.91 Å². The lowest BCUT2D eigenvalue weighted by Gasteiger charge is -2.26. The molecule has 3 rings (SSSR count). The summed E-state index contributed by atoms with van der Waals surface area (Å²) in [5.74, 6) is -0.477. The van der Waals surface area contributed by atoms with Crippen LogP contribution in [0.5, 0.6) is 0 Å². The number of hydrogen-bond acceptors (Lipinski definition) is 4. The van der Waals surface area contributed by atoms with Crippen LogP contribution in [0, 0.1) is 18.7 Å². The number of ether oxygens (including phenoxy) is 1. The van der Waals surface area contributed by atoms with E-state index in [2.05, 4.69) is 4.98 Å². The van der Waals surface area contributed by atoms with Crippen molar-refractivity contribution in [1.82, 2.24) is 4.98 Å². The molecule has 1 amide bonds. The number of carbonyl (C=O) groups excluding carboxylic acids is 1. The second kappa shape index (κ2) is 6.76. The van der Waals surface area contributed by atoms with Crippen LogP contribution < -0.4 is 4.90 Å². The number of anilines is 1. The van der Waals surface area contributed by atoms with Crippen molar-refractivity contribution in [3.05, 3.63) is 46.2 Å². The van der Waals surface area contributed by atoms with E-state index in [4.69, 9.17) is 4.74 Å². The third-order valence-corrected chi connectivity index (χ3v) is 4.91. The van der Waals surface area contributed by atoms with Gasteiger partial charge in [-0.25, -0.2) is 9.37 Å². The molecule has 1 aromatic carbocycles. The number of aromatic nitrogens is 1. The van der Waals surface area contributed by atoms with Crippen LogP contribution in [0.2, 0.25) is 0 Å². The van der Waals surface area contributed by atoms with Crippen LogP contribution in [0.15, 0.2) is 29.6 Å². The van der Waals surface area contributed by atoms with Gasteiger partial charge >= 0.3 is 0 Å². The fraction of sp³-hybridized carbons (Fsp3) is 0.412. The first-order valence-corrected chi connectivity index (χ1v) is 8.52. The molecule has 6 heteroatoms. The van der Waals surface area contributed by atoms with Crippen molar-refractivity contribution in [3.63, 3.8) is 0 Å². The van der Waals surface area contributed by atoms with Crippen LogP contribution in [-0.2, 0) is 16.1 Å². The van der Waals surface area contributed by atoms with Gasteiger partial charge in [0.1, 0.15) is 5.82 Å². The molecule has 0 saturated carbocycles. The maximum absolute atomic E-state index is 13.2. The molecule has 0 spiro atoms. The highest BCUT2D eigenvalue weighted by Gasteiger charge is 2.34. The van der Waals surface area contributed by atoms with Gasteiger partial charge in [0.25, 0.3) is 0 Å². The standard InChI is InChI=1S/C17H19FN2O2S/c1-11-16(7-8-22-11)17(21)20(9-14-10-23-12(2)19-14)15-5-3-13(18)4-6-15/h3-6,10-11,16H,7-9H2,1-2H3/t11-,16+/m1/s1. The van der Waals surface area contributed by atoms with Crippen molar-refractivity contribution in [2.24, 2.45) is 5.92 Å². The first-order valence-electron chi connectivity index (χ1n) is 7.64. The van der Waals surface area contributed by atoms with Crippen molar-refractivity contribution < 1.29 is 13.9 Å². The second-order valence-electron chi connectivity index (χ2n) is 5.73. The Bertz CT molecular complexity index is 686.